The molecule has 1 atom stereocenters. The second-order valence-corrected chi connectivity index (χ2v) is 7.98. The Hall–Kier alpha value is -3.35. The van der Waals surface area contributed by atoms with Gasteiger partial charge >= 0.3 is 0 Å². The van der Waals surface area contributed by atoms with E-state index in [1.165, 1.54) is 5.56 Å². The van der Waals surface area contributed by atoms with E-state index < -0.39 is 0 Å². The largest absolute Gasteiger partial charge is 0.497 e. The number of methoxy groups -OCH3 is 1. The van der Waals surface area contributed by atoms with E-state index in [0.717, 1.165) is 24.3 Å². The number of carbonyl (C=O) groups excluding carboxylic acids is 3. The molecule has 31 heavy (non-hydrogen) atoms. The van der Waals surface area contributed by atoms with Gasteiger partial charge in [-0.25, -0.2) is 0 Å². The number of hydrogen-bond acceptors (Lipinski definition) is 4. The molecule has 1 N–H and O–H groups in total. The second kappa shape index (κ2) is 9.20. The molecule has 0 spiro atoms. The van der Waals surface area contributed by atoms with Crippen molar-refractivity contribution in [2.24, 2.45) is 0 Å². The van der Waals surface area contributed by atoms with E-state index in [1.54, 1.807) is 41.2 Å². The molecule has 2 aliphatic rings. The average molecular weight is 421 g/mol. The molecule has 2 aliphatic heterocycles. The fraction of sp³-hybridized carbons (Fsp3) is 0.375. The fourth-order valence-electron chi connectivity index (χ4n) is 4.22. The molecule has 0 aliphatic carbocycles. The van der Waals surface area contributed by atoms with E-state index in [9.17, 15) is 14.4 Å². The first-order chi connectivity index (χ1) is 15.0. The van der Waals surface area contributed by atoms with Crippen LogP contribution in [0.2, 0.25) is 0 Å². The van der Waals surface area contributed by atoms with Crippen LogP contribution in [0.25, 0.3) is 0 Å². The summed E-state index contributed by atoms with van der Waals surface area (Å²) >= 11 is 0. The van der Waals surface area contributed by atoms with Crippen molar-refractivity contribution in [2.45, 2.75) is 25.2 Å². The normalized spacial score (nSPS) is 18.4. The van der Waals surface area contributed by atoms with Crippen molar-refractivity contribution in [2.75, 3.05) is 38.2 Å². The monoisotopic (exact) mass is 421 g/mol. The van der Waals surface area contributed by atoms with E-state index in [4.69, 9.17) is 4.74 Å². The van der Waals surface area contributed by atoms with E-state index >= 15 is 0 Å². The van der Waals surface area contributed by atoms with Crippen LogP contribution in [0.3, 0.4) is 0 Å². The third-order valence-electron chi connectivity index (χ3n) is 6.04. The minimum atomic E-state index is -0.293. The summed E-state index contributed by atoms with van der Waals surface area (Å²) in [6.07, 6.45) is 2.34. The maximum atomic E-state index is 12.6. The molecule has 7 heteroatoms. The average Bonchev–Trinajstić information content (AvgIpc) is 3.47. The number of hydrogen-bond donors (Lipinski definition) is 1. The predicted octanol–water partition coefficient (Wildman–Crippen LogP) is 2.57. The zero-order chi connectivity index (χ0) is 21.8. The topological polar surface area (TPSA) is 79.0 Å². The maximum Gasteiger partial charge on any atom is 0.251 e. The van der Waals surface area contributed by atoms with E-state index in [-0.39, 0.29) is 24.3 Å². The van der Waals surface area contributed by atoms with Gasteiger partial charge in [0, 0.05) is 43.2 Å². The first kappa shape index (κ1) is 20.9. The van der Waals surface area contributed by atoms with Crippen LogP contribution in [0.1, 0.15) is 41.1 Å². The lowest BCUT2D eigenvalue weighted by Crippen LogP contribution is -2.39. The molecule has 0 saturated carbocycles. The Morgan fingerprint density at radius 1 is 1.06 bits per heavy atom. The van der Waals surface area contributed by atoms with Gasteiger partial charge in [-0.05, 0) is 54.8 Å². The first-order valence-corrected chi connectivity index (χ1v) is 10.7. The number of amides is 3. The van der Waals surface area contributed by atoms with Gasteiger partial charge in [0.05, 0.1) is 13.7 Å². The van der Waals surface area contributed by atoms with Gasteiger partial charge < -0.3 is 19.9 Å². The van der Waals surface area contributed by atoms with Crippen LogP contribution in [0, 0.1) is 0 Å². The van der Waals surface area contributed by atoms with Gasteiger partial charge in [0.25, 0.3) is 5.91 Å². The number of anilines is 1. The number of rotatable bonds is 6. The smallest absolute Gasteiger partial charge is 0.251 e. The minimum Gasteiger partial charge on any atom is -0.497 e. The zero-order valence-electron chi connectivity index (χ0n) is 17.7. The van der Waals surface area contributed by atoms with Crippen molar-refractivity contribution in [1.29, 1.82) is 0 Å². The molecule has 2 saturated heterocycles. The van der Waals surface area contributed by atoms with Gasteiger partial charge in [0.1, 0.15) is 5.75 Å². The summed E-state index contributed by atoms with van der Waals surface area (Å²) in [6.45, 7) is 2.02. The molecule has 2 heterocycles. The highest BCUT2D eigenvalue weighted by Crippen LogP contribution is 2.28. The number of likely N-dealkylation sites (tertiary alicyclic amines) is 1. The fourth-order valence-corrected chi connectivity index (χ4v) is 4.22. The van der Waals surface area contributed by atoms with Crippen molar-refractivity contribution in [3.63, 3.8) is 0 Å². The number of benzene rings is 2. The Kier molecular flexibility index (Phi) is 6.21. The van der Waals surface area contributed by atoms with E-state index in [0.29, 0.717) is 37.5 Å². The Bertz CT molecular complexity index is 956. The van der Waals surface area contributed by atoms with Crippen LogP contribution in [0.4, 0.5) is 5.69 Å². The molecule has 0 aromatic heterocycles. The van der Waals surface area contributed by atoms with Crippen LogP contribution < -0.4 is 15.0 Å². The molecule has 2 aromatic carbocycles. The lowest BCUT2D eigenvalue weighted by molar-refractivity contribution is -0.129. The summed E-state index contributed by atoms with van der Waals surface area (Å²) in [5.74, 6) is 0.854. The van der Waals surface area contributed by atoms with Crippen LogP contribution in [-0.4, -0.2) is 55.9 Å². The molecule has 1 unspecified atom stereocenters. The summed E-state index contributed by atoms with van der Waals surface area (Å²) < 4.78 is 5.20. The minimum absolute atomic E-state index is 0.0273. The Labute approximate surface area is 182 Å². The number of carbonyl (C=O) groups is 3. The standard InChI is InChI=1S/C24H27N3O4/c1-31-21-10-6-17(7-11-21)19-12-14-26(16-19)23(29)15-25-24(30)18-4-8-20(9-5-18)27-13-2-3-22(27)28/h4-11,19H,2-3,12-16H2,1H3,(H,25,30). The summed E-state index contributed by atoms with van der Waals surface area (Å²) in [7, 11) is 1.64. The van der Waals surface area contributed by atoms with Crippen molar-refractivity contribution in [3.05, 3.63) is 59.7 Å². The van der Waals surface area contributed by atoms with Crippen LogP contribution in [-0.2, 0) is 9.59 Å². The highest BCUT2D eigenvalue weighted by Gasteiger charge is 2.27. The lowest BCUT2D eigenvalue weighted by atomic mass is 9.98. The maximum absolute atomic E-state index is 12.6. The Morgan fingerprint density at radius 3 is 2.45 bits per heavy atom. The molecule has 162 valence electrons. The van der Waals surface area contributed by atoms with E-state index in [2.05, 4.69) is 5.32 Å². The van der Waals surface area contributed by atoms with Crippen LogP contribution in [0.5, 0.6) is 5.75 Å². The predicted molar refractivity (Wildman–Crippen MR) is 117 cm³/mol. The molecular weight excluding hydrogens is 394 g/mol. The van der Waals surface area contributed by atoms with Gasteiger partial charge in [0.2, 0.25) is 11.8 Å². The summed E-state index contributed by atoms with van der Waals surface area (Å²) in [6, 6.07) is 14.9. The van der Waals surface area contributed by atoms with Crippen LogP contribution >= 0.6 is 0 Å². The molecule has 3 amide bonds. The summed E-state index contributed by atoms with van der Waals surface area (Å²) in [4.78, 5) is 40.4. The quantitative estimate of drug-likeness (QED) is 0.778. The molecular formula is C24H27N3O4. The molecule has 0 radical (unpaired) electrons. The summed E-state index contributed by atoms with van der Waals surface area (Å²) in [5, 5.41) is 2.72. The van der Waals surface area contributed by atoms with Crippen molar-refractivity contribution < 1.29 is 19.1 Å². The van der Waals surface area contributed by atoms with Gasteiger partial charge in [-0.2, -0.15) is 0 Å². The lowest BCUT2D eigenvalue weighted by Gasteiger charge is -2.18. The van der Waals surface area contributed by atoms with Crippen LogP contribution in [0.15, 0.2) is 48.5 Å². The van der Waals surface area contributed by atoms with Gasteiger partial charge in [0.15, 0.2) is 0 Å². The van der Waals surface area contributed by atoms with Gasteiger partial charge in [-0.1, -0.05) is 12.1 Å². The molecule has 4 rings (SSSR count). The Morgan fingerprint density at radius 2 is 1.81 bits per heavy atom. The number of nitrogens with zero attached hydrogens (tertiary/aromatic N) is 2. The summed E-state index contributed by atoms with van der Waals surface area (Å²) in [5.41, 5.74) is 2.47. The van der Waals surface area contributed by atoms with Gasteiger partial charge in [-0.15, -0.1) is 0 Å². The number of nitrogens with one attached hydrogen (secondary N) is 1. The highest BCUT2D eigenvalue weighted by atomic mass is 16.5. The molecule has 2 aromatic rings. The first-order valence-electron chi connectivity index (χ1n) is 10.7. The number of ether oxygens (including phenoxy) is 1. The highest BCUT2D eigenvalue weighted by molar-refractivity contribution is 5.98. The van der Waals surface area contributed by atoms with Crippen molar-refractivity contribution >= 4 is 23.4 Å². The van der Waals surface area contributed by atoms with Crippen molar-refractivity contribution in [3.8, 4) is 5.75 Å². The van der Waals surface area contributed by atoms with Gasteiger partial charge in [-0.3, -0.25) is 14.4 Å². The molecule has 0 bridgehead atoms. The zero-order valence-corrected chi connectivity index (χ0v) is 17.7. The second-order valence-electron chi connectivity index (χ2n) is 7.98. The third kappa shape index (κ3) is 4.71. The molecule has 7 nitrogen and oxygen atoms in total. The third-order valence-corrected chi connectivity index (χ3v) is 6.04. The van der Waals surface area contributed by atoms with E-state index in [1.807, 2.05) is 24.3 Å². The molecule has 2 fully saturated rings. The van der Waals surface area contributed by atoms with Crippen molar-refractivity contribution in [1.82, 2.24) is 10.2 Å². The SMILES string of the molecule is COc1ccc(C2CCN(C(=O)CNC(=O)c3ccc(N4CCCC4=O)cc3)C2)cc1. The Balaban J connectivity index is 1.27.